The topological polar surface area (TPSA) is 46.6 Å². The first-order chi connectivity index (χ1) is 7.10. The zero-order chi connectivity index (χ0) is 10.9. The predicted octanol–water partition coefficient (Wildman–Crippen LogP) is 2.23. The second kappa shape index (κ2) is 4.50. The molecular weight excluding hydrogens is 302 g/mol. The van der Waals surface area contributed by atoms with Crippen LogP contribution >= 0.6 is 27.3 Å². The smallest absolute Gasteiger partial charge is 0.274 e. The van der Waals surface area contributed by atoms with E-state index < -0.39 is 10.0 Å². The molecule has 4 nitrogen and oxygen atoms in total. The summed E-state index contributed by atoms with van der Waals surface area (Å²) in [5.41, 5.74) is 0. The highest BCUT2D eigenvalue weighted by Crippen LogP contribution is 2.29. The van der Waals surface area contributed by atoms with Gasteiger partial charge < -0.3 is 0 Å². The van der Waals surface area contributed by atoms with Gasteiger partial charge in [-0.15, -0.1) is 11.3 Å². The van der Waals surface area contributed by atoms with Gasteiger partial charge in [-0.1, -0.05) is 4.47 Å². The summed E-state index contributed by atoms with van der Waals surface area (Å²) in [6.45, 7) is 0.920. The molecule has 0 unspecified atom stereocenters. The van der Waals surface area contributed by atoms with Gasteiger partial charge in [-0.25, -0.2) is 8.42 Å². The highest BCUT2D eigenvalue weighted by atomic mass is 79.9. The van der Waals surface area contributed by atoms with Crippen molar-refractivity contribution in [1.29, 1.82) is 0 Å². The lowest BCUT2D eigenvalue weighted by Crippen LogP contribution is -2.35. The fourth-order valence-electron chi connectivity index (χ4n) is 1.30. The number of hydrogen-bond acceptors (Lipinski definition) is 4. The van der Waals surface area contributed by atoms with Crippen molar-refractivity contribution in [3.63, 3.8) is 0 Å². The standard InChI is InChI=1S/C8H10BrNO3S2/c9-7-3-4-8(14-7)15(11,12)10-5-1-2-6-13-10/h3-4H,1-2,5-6H2. The van der Waals surface area contributed by atoms with Crippen molar-refractivity contribution in [1.82, 2.24) is 4.47 Å². The van der Waals surface area contributed by atoms with Gasteiger partial charge in [0.1, 0.15) is 4.21 Å². The molecule has 1 aliphatic heterocycles. The van der Waals surface area contributed by atoms with Crippen molar-refractivity contribution in [2.45, 2.75) is 17.1 Å². The molecule has 2 rings (SSSR count). The van der Waals surface area contributed by atoms with Crippen molar-refractivity contribution in [2.75, 3.05) is 13.2 Å². The van der Waals surface area contributed by atoms with E-state index in [1.54, 1.807) is 12.1 Å². The summed E-state index contributed by atoms with van der Waals surface area (Å²) in [6.07, 6.45) is 1.77. The summed E-state index contributed by atoms with van der Waals surface area (Å²) in [4.78, 5) is 5.14. The van der Waals surface area contributed by atoms with Crippen molar-refractivity contribution in [3.05, 3.63) is 15.9 Å². The summed E-state index contributed by atoms with van der Waals surface area (Å²) in [6, 6.07) is 3.31. The van der Waals surface area contributed by atoms with E-state index in [1.165, 1.54) is 11.3 Å². The molecule has 1 saturated heterocycles. The van der Waals surface area contributed by atoms with Gasteiger partial charge in [-0.2, -0.15) is 0 Å². The number of hydroxylamine groups is 1. The SMILES string of the molecule is O=S(=O)(c1ccc(Br)s1)N1CCCCO1. The molecule has 0 saturated carbocycles. The summed E-state index contributed by atoms with van der Waals surface area (Å²) in [7, 11) is -3.44. The molecule has 0 aromatic carbocycles. The Morgan fingerprint density at radius 1 is 1.40 bits per heavy atom. The van der Waals surface area contributed by atoms with Crippen LogP contribution in [0.15, 0.2) is 20.1 Å². The average molecular weight is 312 g/mol. The monoisotopic (exact) mass is 311 g/mol. The largest absolute Gasteiger partial charge is 0.284 e. The van der Waals surface area contributed by atoms with Crippen LogP contribution in [0, 0.1) is 0 Å². The van der Waals surface area contributed by atoms with E-state index in [1.807, 2.05) is 0 Å². The first-order valence-corrected chi connectivity index (χ1v) is 7.56. The molecule has 1 aromatic rings. The van der Waals surface area contributed by atoms with E-state index in [4.69, 9.17) is 4.84 Å². The zero-order valence-corrected chi connectivity index (χ0v) is 11.1. The van der Waals surface area contributed by atoms with Crippen LogP contribution in [0.3, 0.4) is 0 Å². The van der Waals surface area contributed by atoms with Gasteiger partial charge in [0.05, 0.1) is 10.4 Å². The highest BCUT2D eigenvalue weighted by molar-refractivity contribution is 9.11. The molecule has 1 aliphatic rings. The third kappa shape index (κ3) is 2.42. The summed E-state index contributed by atoms with van der Waals surface area (Å²) in [5, 5.41) is 0. The number of hydrogen-bond donors (Lipinski definition) is 0. The van der Waals surface area contributed by atoms with Gasteiger partial charge in [-0.05, 0) is 40.9 Å². The van der Waals surface area contributed by atoms with Crippen molar-refractivity contribution in [2.24, 2.45) is 0 Å². The Labute approximate surface area is 101 Å². The van der Waals surface area contributed by atoms with Crippen LogP contribution in [0.25, 0.3) is 0 Å². The first-order valence-electron chi connectivity index (χ1n) is 4.52. The maximum absolute atomic E-state index is 12.0. The quantitative estimate of drug-likeness (QED) is 0.841. The lowest BCUT2D eigenvalue weighted by atomic mass is 10.3. The van der Waals surface area contributed by atoms with Crippen LogP contribution in [-0.4, -0.2) is 26.0 Å². The molecule has 0 N–H and O–H groups in total. The number of halogens is 1. The van der Waals surface area contributed by atoms with Crippen LogP contribution < -0.4 is 0 Å². The Morgan fingerprint density at radius 3 is 2.73 bits per heavy atom. The normalized spacial score (nSPS) is 19.3. The van der Waals surface area contributed by atoms with Crippen LogP contribution in [0.1, 0.15) is 12.8 Å². The fourth-order valence-corrected chi connectivity index (χ4v) is 4.70. The van der Waals surface area contributed by atoms with Crippen LogP contribution in [0.5, 0.6) is 0 Å². The maximum atomic E-state index is 12.0. The molecule has 7 heteroatoms. The van der Waals surface area contributed by atoms with Crippen molar-refractivity contribution >= 4 is 37.3 Å². The average Bonchev–Trinajstić information content (AvgIpc) is 2.67. The molecule has 0 spiro atoms. The Morgan fingerprint density at radius 2 is 2.20 bits per heavy atom. The molecule has 15 heavy (non-hydrogen) atoms. The van der Waals surface area contributed by atoms with E-state index in [0.717, 1.165) is 21.1 Å². The Kier molecular flexibility index (Phi) is 3.46. The number of rotatable bonds is 2. The van der Waals surface area contributed by atoms with Gasteiger partial charge >= 0.3 is 0 Å². The van der Waals surface area contributed by atoms with Gasteiger partial charge in [0.2, 0.25) is 0 Å². The molecule has 0 radical (unpaired) electrons. The molecule has 84 valence electrons. The third-order valence-corrected chi connectivity index (χ3v) is 5.81. The number of nitrogens with zero attached hydrogens (tertiary/aromatic N) is 1. The molecule has 2 heterocycles. The first kappa shape index (κ1) is 11.5. The third-order valence-electron chi connectivity index (χ3n) is 2.04. The van der Waals surface area contributed by atoms with Gasteiger partial charge in [-0.3, -0.25) is 4.84 Å². The van der Waals surface area contributed by atoms with E-state index in [2.05, 4.69) is 15.9 Å². The second-order valence-electron chi connectivity index (χ2n) is 3.13. The van der Waals surface area contributed by atoms with Gasteiger partial charge in [0.25, 0.3) is 10.0 Å². The molecule has 1 aromatic heterocycles. The predicted molar refractivity (Wildman–Crippen MR) is 61.1 cm³/mol. The Hall–Kier alpha value is 0.0500. The summed E-state index contributed by atoms with van der Waals surface area (Å²) < 4.78 is 26.2. The minimum atomic E-state index is -3.44. The Bertz CT molecular complexity index is 436. The lowest BCUT2D eigenvalue weighted by Gasteiger charge is -2.24. The molecule has 0 amide bonds. The molecular formula is C8H10BrNO3S2. The maximum Gasteiger partial charge on any atom is 0.274 e. The van der Waals surface area contributed by atoms with E-state index in [-0.39, 0.29) is 0 Å². The van der Waals surface area contributed by atoms with Gasteiger partial charge in [0, 0.05) is 6.54 Å². The highest BCUT2D eigenvalue weighted by Gasteiger charge is 2.28. The van der Waals surface area contributed by atoms with E-state index in [0.29, 0.717) is 17.4 Å². The van der Waals surface area contributed by atoms with Crippen LogP contribution in [0.4, 0.5) is 0 Å². The molecule has 0 aliphatic carbocycles. The number of thiophene rings is 1. The van der Waals surface area contributed by atoms with E-state index >= 15 is 0 Å². The van der Waals surface area contributed by atoms with Gasteiger partial charge in [0.15, 0.2) is 0 Å². The van der Waals surface area contributed by atoms with E-state index in [9.17, 15) is 8.42 Å². The molecule has 1 fully saturated rings. The molecule has 0 atom stereocenters. The van der Waals surface area contributed by atoms with Crippen LogP contribution in [0.2, 0.25) is 0 Å². The number of sulfonamides is 1. The van der Waals surface area contributed by atoms with Crippen molar-refractivity contribution < 1.29 is 13.3 Å². The fraction of sp³-hybridized carbons (Fsp3) is 0.500. The molecule has 0 bridgehead atoms. The summed E-state index contributed by atoms with van der Waals surface area (Å²) >= 11 is 4.44. The van der Waals surface area contributed by atoms with Crippen molar-refractivity contribution in [3.8, 4) is 0 Å². The minimum absolute atomic E-state index is 0.316. The lowest BCUT2D eigenvalue weighted by molar-refractivity contribution is -0.108. The minimum Gasteiger partial charge on any atom is -0.284 e. The van der Waals surface area contributed by atoms with Crippen LogP contribution in [-0.2, 0) is 14.9 Å². The Balaban J connectivity index is 2.26. The summed E-state index contributed by atoms with van der Waals surface area (Å²) in [5.74, 6) is 0. The second-order valence-corrected chi connectivity index (χ2v) is 7.65. The zero-order valence-electron chi connectivity index (χ0n) is 7.85.